The summed E-state index contributed by atoms with van der Waals surface area (Å²) in [6.07, 6.45) is 6.75. The predicted molar refractivity (Wildman–Crippen MR) is 222 cm³/mol. The molecule has 0 amide bonds. The molecule has 5 aromatic rings. The molecule has 0 aliphatic heterocycles. The number of carbonyl (C=O) groups is 1. The van der Waals surface area contributed by atoms with Gasteiger partial charge in [-0.25, -0.2) is 0 Å². The minimum absolute atomic E-state index is 0. The molecule has 0 fully saturated rings. The number of carbonyl (C=O) groups excluding carboxylic acids is 1. The molecule has 0 spiro atoms. The first kappa shape index (κ1) is 42.8. The second-order valence-corrected chi connectivity index (χ2v) is 27.8. The molecular weight excluding hydrogens is 883 g/mol. The minimum Gasteiger partial charge on any atom is -0.512 e. The van der Waals surface area contributed by atoms with Crippen LogP contribution in [0.15, 0.2) is 84.8 Å². The van der Waals surface area contributed by atoms with E-state index < -0.39 is 13.3 Å². The van der Waals surface area contributed by atoms with Crippen LogP contribution in [0.2, 0.25) is 17.3 Å². The standard InChI is InChI=1S/C30H30GeNS.C15H28O2.Ir/c1-30(2,3)25-19-22(18-21-14-10-11-15-23(21)25)27-29-24(16-17-32-27)26(31(4,5)6)28(33-29)20-12-8-7-9-13-20;1-7-14(5,8-2)12(16)11-13(17)15(6,9-3)10-4;/h7-17,19H,1-6H3;11,16H,7-10H2,1-6H3;/q-1;;/b;12-11-;. The summed E-state index contributed by atoms with van der Waals surface area (Å²) in [6.45, 7) is 18.9. The number of aliphatic hydroxyl groups is 1. The molecule has 0 bridgehead atoms. The number of allylic oxidation sites excluding steroid dienone is 2. The van der Waals surface area contributed by atoms with E-state index in [1.165, 1.54) is 37.6 Å². The molecular formula is C45H58GeIrNO2S-. The Bertz CT molecular complexity index is 1970. The van der Waals surface area contributed by atoms with Crippen LogP contribution in [-0.2, 0) is 30.3 Å². The number of ketones is 1. The first-order chi connectivity index (χ1) is 23.4. The Morgan fingerprint density at radius 3 is 1.94 bits per heavy atom. The summed E-state index contributed by atoms with van der Waals surface area (Å²) in [6, 6.07) is 27.8. The van der Waals surface area contributed by atoms with Crippen LogP contribution in [0, 0.1) is 16.9 Å². The maximum atomic E-state index is 12.2. The second kappa shape index (κ2) is 17.1. The van der Waals surface area contributed by atoms with Crippen molar-refractivity contribution in [3.05, 3.63) is 96.4 Å². The molecule has 5 rings (SSSR count). The number of hydrogen-bond donors (Lipinski definition) is 1. The molecule has 0 saturated carbocycles. The van der Waals surface area contributed by atoms with E-state index in [0.717, 1.165) is 42.3 Å². The number of pyridine rings is 1. The quantitative estimate of drug-likeness (QED) is 0.0657. The molecule has 0 aliphatic rings. The first-order valence-corrected chi connectivity index (χ1v) is 26.5. The van der Waals surface area contributed by atoms with Crippen molar-refractivity contribution in [2.75, 3.05) is 0 Å². The van der Waals surface area contributed by atoms with Gasteiger partial charge in [0, 0.05) is 37.0 Å². The van der Waals surface area contributed by atoms with Gasteiger partial charge in [-0.1, -0.05) is 41.5 Å². The summed E-state index contributed by atoms with van der Waals surface area (Å²) in [5.41, 5.74) is 4.25. The van der Waals surface area contributed by atoms with E-state index in [9.17, 15) is 9.90 Å². The monoisotopic (exact) mass is 943 g/mol. The Hall–Kier alpha value is -2.57. The number of thiophene rings is 1. The summed E-state index contributed by atoms with van der Waals surface area (Å²) < 4.78 is 2.87. The van der Waals surface area contributed by atoms with Crippen LogP contribution < -0.4 is 4.40 Å². The van der Waals surface area contributed by atoms with E-state index in [1.54, 1.807) is 4.40 Å². The van der Waals surface area contributed by atoms with Gasteiger partial charge in [0.05, 0.1) is 0 Å². The molecule has 2 heterocycles. The minimum atomic E-state index is -2.18. The number of rotatable bonds is 10. The first-order valence-electron chi connectivity index (χ1n) is 18.3. The van der Waals surface area contributed by atoms with Crippen molar-refractivity contribution in [1.82, 2.24) is 4.98 Å². The summed E-state index contributed by atoms with van der Waals surface area (Å²) >= 11 is -0.270. The topological polar surface area (TPSA) is 50.2 Å². The van der Waals surface area contributed by atoms with Gasteiger partial charge in [0.25, 0.3) is 0 Å². The third-order valence-corrected chi connectivity index (χ3v) is 16.7. The number of aliphatic hydroxyl groups excluding tert-OH is 1. The molecule has 51 heavy (non-hydrogen) atoms. The fourth-order valence-electron chi connectivity index (χ4n) is 6.41. The van der Waals surface area contributed by atoms with Gasteiger partial charge < -0.3 is 5.11 Å². The molecule has 0 atom stereocenters. The van der Waals surface area contributed by atoms with E-state index in [1.807, 2.05) is 59.1 Å². The normalized spacial score (nSPS) is 12.7. The number of hydrogen-bond acceptors (Lipinski definition) is 4. The molecule has 0 unspecified atom stereocenters. The molecule has 6 heteroatoms. The Kier molecular flexibility index (Phi) is 14.3. The molecule has 3 aromatic carbocycles. The molecule has 2 aromatic heterocycles. The zero-order chi connectivity index (χ0) is 37.1. The summed E-state index contributed by atoms with van der Waals surface area (Å²) in [4.78, 5) is 18.5. The fraction of sp³-hybridized carbons (Fsp3) is 0.422. The van der Waals surface area contributed by atoms with Crippen molar-refractivity contribution >= 4 is 55.6 Å². The van der Waals surface area contributed by atoms with E-state index in [-0.39, 0.29) is 47.9 Å². The predicted octanol–water partition coefficient (Wildman–Crippen LogP) is 13.1. The van der Waals surface area contributed by atoms with Gasteiger partial charge >= 0.3 is 205 Å². The molecule has 1 radical (unpaired) electrons. The number of fused-ring (bicyclic) bond motifs is 2. The summed E-state index contributed by atoms with van der Waals surface area (Å²) in [5.74, 6) is 7.77. The summed E-state index contributed by atoms with van der Waals surface area (Å²) in [5, 5.41) is 14.0. The van der Waals surface area contributed by atoms with Crippen molar-refractivity contribution in [1.29, 1.82) is 0 Å². The Labute approximate surface area is 328 Å². The number of nitrogens with zero attached hydrogens (tertiary/aromatic N) is 1. The van der Waals surface area contributed by atoms with Gasteiger partial charge in [0.2, 0.25) is 0 Å². The molecule has 3 nitrogen and oxygen atoms in total. The van der Waals surface area contributed by atoms with E-state index >= 15 is 0 Å². The van der Waals surface area contributed by atoms with Crippen LogP contribution in [0.1, 0.15) is 93.6 Å². The van der Waals surface area contributed by atoms with Crippen LogP contribution in [0.5, 0.6) is 0 Å². The van der Waals surface area contributed by atoms with Gasteiger partial charge in [0.15, 0.2) is 5.78 Å². The average Bonchev–Trinajstić information content (AvgIpc) is 3.51. The zero-order valence-electron chi connectivity index (χ0n) is 32.9. The van der Waals surface area contributed by atoms with E-state index in [0.29, 0.717) is 0 Å². The van der Waals surface area contributed by atoms with Crippen LogP contribution in [0.25, 0.3) is 42.6 Å². The number of aromatic nitrogens is 1. The van der Waals surface area contributed by atoms with Gasteiger partial charge in [-0.2, -0.15) is 0 Å². The average molecular weight is 942 g/mol. The van der Waals surface area contributed by atoms with E-state index in [4.69, 9.17) is 4.98 Å². The maximum Gasteiger partial charge on any atom is 0.164 e. The van der Waals surface area contributed by atoms with Crippen molar-refractivity contribution in [3.63, 3.8) is 0 Å². The number of benzene rings is 3. The second-order valence-electron chi connectivity index (χ2n) is 16.3. The van der Waals surface area contributed by atoms with Crippen molar-refractivity contribution in [2.24, 2.45) is 10.8 Å². The molecule has 0 saturated heterocycles. The van der Waals surface area contributed by atoms with Gasteiger partial charge in [0.1, 0.15) is 5.76 Å². The van der Waals surface area contributed by atoms with Crippen LogP contribution in [-0.4, -0.2) is 29.1 Å². The van der Waals surface area contributed by atoms with Crippen molar-refractivity contribution in [2.45, 2.75) is 111 Å². The van der Waals surface area contributed by atoms with Crippen molar-refractivity contribution < 1.29 is 30.0 Å². The van der Waals surface area contributed by atoms with Crippen molar-refractivity contribution in [3.8, 4) is 21.7 Å². The Morgan fingerprint density at radius 2 is 1.39 bits per heavy atom. The maximum absolute atomic E-state index is 12.2. The smallest absolute Gasteiger partial charge is 0.164 e. The molecule has 275 valence electrons. The Balaban J connectivity index is 0.000000335. The van der Waals surface area contributed by atoms with E-state index in [2.05, 4.69) is 111 Å². The van der Waals surface area contributed by atoms with Gasteiger partial charge in [-0.15, -0.1) is 0 Å². The third kappa shape index (κ3) is 9.33. The largest absolute Gasteiger partial charge is 0.512 e. The SMILES string of the molecule is CC(C)(C)c1cc(-c2nccc3[c]([Ge]([CH3])([CH3])[CH3])c(-c4ccccc4)sc23)[c-]c2ccccc12.CCC(C)(CC)C(=O)/C=C(\O)C(C)(CC)CC.[Ir]. The zero-order valence-corrected chi connectivity index (χ0v) is 38.2. The molecule has 1 N–H and O–H groups in total. The Morgan fingerprint density at radius 1 is 0.824 bits per heavy atom. The molecule has 0 aliphatic carbocycles. The third-order valence-electron chi connectivity index (χ3n) is 10.8. The summed E-state index contributed by atoms with van der Waals surface area (Å²) in [7, 11) is 0. The van der Waals surface area contributed by atoms with Crippen LogP contribution in [0.4, 0.5) is 0 Å². The van der Waals surface area contributed by atoms with Crippen LogP contribution >= 0.6 is 11.3 Å². The fourth-order valence-corrected chi connectivity index (χ4v) is 13.6. The van der Waals surface area contributed by atoms with Gasteiger partial charge in [-0.05, 0) is 25.7 Å². The van der Waals surface area contributed by atoms with Gasteiger partial charge in [-0.3, -0.25) is 4.79 Å². The van der Waals surface area contributed by atoms with Crippen LogP contribution in [0.3, 0.4) is 0 Å².